The van der Waals surface area contributed by atoms with E-state index in [4.69, 9.17) is 0 Å². The first-order chi connectivity index (χ1) is 14.4. The van der Waals surface area contributed by atoms with Gasteiger partial charge in [0.25, 0.3) is 0 Å². The van der Waals surface area contributed by atoms with Gasteiger partial charge in [-0.2, -0.15) is 0 Å². The van der Waals surface area contributed by atoms with Crippen molar-refractivity contribution in [3.8, 4) is 0 Å². The summed E-state index contributed by atoms with van der Waals surface area (Å²) in [5, 5.41) is 6.19. The Morgan fingerprint density at radius 3 is 2.23 bits per heavy atom. The van der Waals surface area contributed by atoms with Crippen LogP contribution >= 0.6 is 0 Å². The predicted molar refractivity (Wildman–Crippen MR) is 117 cm³/mol. The molecule has 4 amide bonds. The van der Waals surface area contributed by atoms with Crippen LogP contribution in [0.25, 0.3) is 0 Å². The lowest BCUT2D eigenvalue weighted by Gasteiger charge is -2.37. The molecular weight excluding hydrogens is 380 g/mol. The highest BCUT2D eigenvalue weighted by Crippen LogP contribution is 2.26. The van der Waals surface area contributed by atoms with E-state index in [1.165, 1.54) is 19.3 Å². The first-order valence-electron chi connectivity index (χ1n) is 12.1. The molecule has 2 aliphatic heterocycles. The van der Waals surface area contributed by atoms with E-state index in [1.54, 1.807) is 0 Å². The Balaban J connectivity index is 1.38. The fraction of sp³-hybridized carbons (Fsp3) is 0.870. The van der Waals surface area contributed by atoms with Crippen LogP contribution in [-0.2, 0) is 9.59 Å². The standard InChI is InChI=1S/C23H40N4O3/c1-17(2)21(28)24-15-18-7-6-12-27(16-18)23(30)25-20-10-13-26(14-11-20)22(29)19-8-4-3-5-9-19/h17-20H,3-16H2,1-2H3,(H,24,28)(H,25,30). The number of nitrogens with zero attached hydrogens (tertiary/aromatic N) is 2. The second-order valence-electron chi connectivity index (χ2n) is 9.74. The maximum absolute atomic E-state index is 12.8. The van der Waals surface area contributed by atoms with Crippen LogP contribution in [0.5, 0.6) is 0 Å². The smallest absolute Gasteiger partial charge is 0.317 e. The van der Waals surface area contributed by atoms with E-state index in [1.807, 2.05) is 23.6 Å². The van der Waals surface area contributed by atoms with Crippen molar-refractivity contribution in [2.24, 2.45) is 17.8 Å². The summed E-state index contributed by atoms with van der Waals surface area (Å²) in [6, 6.07) is 0.154. The SMILES string of the molecule is CC(C)C(=O)NCC1CCCN(C(=O)NC2CCN(C(=O)C3CCCCC3)CC2)C1. The highest BCUT2D eigenvalue weighted by atomic mass is 16.2. The van der Waals surface area contributed by atoms with Crippen LogP contribution in [0.15, 0.2) is 0 Å². The molecule has 170 valence electrons. The monoisotopic (exact) mass is 420 g/mol. The highest BCUT2D eigenvalue weighted by molar-refractivity contribution is 5.79. The van der Waals surface area contributed by atoms with Gasteiger partial charge in [0.1, 0.15) is 0 Å². The van der Waals surface area contributed by atoms with Crippen molar-refractivity contribution in [2.75, 3.05) is 32.7 Å². The second kappa shape index (κ2) is 11.0. The lowest BCUT2D eigenvalue weighted by Crippen LogP contribution is -2.53. The number of piperidine rings is 2. The minimum absolute atomic E-state index is 0.00643. The van der Waals surface area contributed by atoms with Gasteiger partial charge in [-0.05, 0) is 44.4 Å². The lowest BCUT2D eigenvalue weighted by atomic mass is 9.87. The van der Waals surface area contributed by atoms with Crippen LogP contribution in [0.2, 0.25) is 0 Å². The zero-order chi connectivity index (χ0) is 21.5. The fourth-order valence-corrected chi connectivity index (χ4v) is 4.98. The van der Waals surface area contributed by atoms with Gasteiger partial charge in [0.2, 0.25) is 11.8 Å². The molecule has 0 aromatic heterocycles. The molecule has 0 aromatic rings. The summed E-state index contributed by atoms with van der Waals surface area (Å²) in [5.41, 5.74) is 0. The summed E-state index contributed by atoms with van der Waals surface area (Å²) >= 11 is 0. The zero-order valence-corrected chi connectivity index (χ0v) is 18.8. The maximum Gasteiger partial charge on any atom is 0.317 e. The number of carbonyl (C=O) groups excluding carboxylic acids is 3. The van der Waals surface area contributed by atoms with E-state index in [9.17, 15) is 14.4 Å². The lowest BCUT2D eigenvalue weighted by molar-refractivity contribution is -0.137. The number of rotatable bonds is 5. The van der Waals surface area contributed by atoms with Crippen LogP contribution in [-0.4, -0.2) is 66.4 Å². The van der Waals surface area contributed by atoms with Crippen LogP contribution in [0.4, 0.5) is 4.79 Å². The summed E-state index contributed by atoms with van der Waals surface area (Å²) in [5.74, 6) is 0.949. The van der Waals surface area contributed by atoms with Crippen molar-refractivity contribution in [1.29, 1.82) is 0 Å². The largest absolute Gasteiger partial charge is 0.356 e. The van der Waals surface area contributed by atoms with E-state index in [2.05, 4.69) is 10.6 Å². The number of carbonyl (C=O) groups is 3. The van der Waals surface area contributed by atoms with Crippen LogP contribution in [0.1, 0.15) is 71.6 Å². The van der Waals surface area contributed by atoms with Crippen molar-refractivity contribution in [3.05, 3.63) is 0 Å². The Morgan fingerprint density at radius 2 is 1.57 bits per heavy atom. The van der Waals surface area contributed by atoms with Crippen molar-refractivity contribution in [2.45, 2.75) is 77.7 Å². The first-order valence-corrected chi connectivity index (χ1v) is 12.1. The Hall–Kier alpha value is -1.79. The van der Waals surface area contributed by atoms with Gasteiger partial charge >= 0.3 is 6.03 Å². The number of likely N-dealkylation sites (tertiary alicyclic amines) is 2. The maximum atomic E-state index is 12.8. The van der Waals surface area contributed by atoms with Crippen LogP contribution < -0.4 is 10.6 Å². The van der Waals surface area contributed by atoms with Crippen molar-refractivity contribution in [3.63, 3.8) is 0 Å². The van der Waals surface area contributed by atoms with Gasteiger partial charge in [-0.15, -0.1) is 0 Å². The van der Waals surface area contributed by atoms with E-state index >= 15 is 0 Å². The number of hydrogen-bond donors (Lipinski definition) is 2. The zero-order valence-electron chi connectivity index (χ0n) is 18.8. The number of nitrogens with one attached hydrogen (secondary N) is 2. The molecule has 3 rings (SSSR count). The van der Waals surface area contributed by atoms with Crippen LogP contribution in [0.3, 0.4) is 0 Å². The number of amides is 4. The average Bonchev–Trinajstić information content (AvgIpc) is 2.78. The summed E-state index contributed by atoms with van der Waals surface area (Å²) < 4.78 is 0. The average molecular weight is 421 g/mol. The second-order valence-corrected chi connectivity index (χ2v) is 9.74. The van der Waals surface area contributed by atoms with Crippen molar-refractivity contribution < 1.29 is 14.4 Å². The molecule has 7 heteroatoms. The molecule has 3 fully saturated rings. The molecule has 7 nitrogen and oxygen atoms in total. The first kappa shape index (κ1) is 22.9. The third-order valence-corrected chi connectivity index (χ3v) is 6.98. The van der Waals surface area contributed by atoms with Crippen molar-refractivity contribution >= 4 is 17.8 Å². The minimum atomic E-state index is -0.0103. The molecule has 3 aliphatic rings. The molecule has 0 spiro atoms. The van der Waals surface area contributed by atoms with Gasteiger partial charge in [0.05, 0.1) is 0 Å². The van der Waals surface area contributed by atoms with E-state index in [0.29, 0.717) is 24.9 Å². The van der Waals surface area contributed by atoms with Crippen molar-refractivity contribution in [1.82, 2.24) is 20.4 Å². The van der Waals surface area contributed by atoms with Gasteiger partial charge < -0.3 is 20.4 Å². The molecule has 0 bridgehead atoms. The molecular formula is C23H40N4O3. The quantitative estimate of drug-likeness (QED) is 0.718. The topological polar surface area (TPSA) is 81.8 Å². The Bertz CT molecular complexity index is 595. The summed E-state index contributed by atoms with van der Waals surface area (Å²) in [6.45, 7) is 7.41. The minimum Gasteiger partial charge on any atom is -0.356 e. The number of urea groups is 1. The predicted octanol–water partition coefficient (Wildman–Crippen LogP) is 2.75. The van der Waals surface area contributed by atoms with E-state index in [-0.39, 0.29) is 29.8 Å². The van der Waals surface area contributed by atoms with E-state index in [0.717, 1.165) is 58.2 Å². The van der Waals surface area contributed by atoms with Gasteiger partial charge in [-0.1, -0.05) is 33.1 Å². The molecule has 2 heterocycles. The molecule has 1 unspecified atom stereocenters. The third-order valence-electron chi connectivity index (χ3n) is 6.98. The summed E-state index contributed by atoms with van der Waals surface area (Å²) in [4.78, 5) is 41.2. The van der Waals surface area contributed by atoms with Gasteiger partial charge in [0, 0.05) is 50.6 Å². The van der Waals surface area contributed by atoms with Gasteiger partial charge in [-0.25, -0.2) is 4.79 Å². The highest BCUT2D eigenvalue weighted by Gasteiger charge is 2.31. The van der Waals surface area contributed by atoms with E-state index < -0.39 is 0 Å². The Labute approximate surface area is 181 Å². The Kier molecular flexibility index (Phi) is 8.40. The fourth-order valence-electron chi connectivity index (χ4n) is 4.98. The number of hydrogen-bond acceptors (Lipinski definition) is 3. The summed E-state index contributed by atoms with van der Waals surface area (Å²) in [6.07, 6.45) is 9.42. The molecule has 30 heavy (non-hydrogen) atoms. The summed E-state index contributed by atoms with van der Waals surface area (Å²) in [7, 11) is 0. The molecule has 0 radical (unpaired) electrons. The molecule has 1 saturated carbocycles. The molecule has 2 N–H and O–H groups in total. The molecule has 2 saturated heterocycles. The molecule has 1 atom stereocenters. The molecule has 1 aliphatic carbocycles. The third kappa shape index (κ3) is 6.35. The van der Waals surface area contributed by atoms with Gasteiger partial charge in [0.15, 0.2) is 0 Å². The normalized spacial score (nSPS) is 24.0. The van der Waals surface area contributed by atoms with Gasteiger partial charge in [-0.3, -0.25) is 9.59 Å². The Morgan fingerprint density at radius 1 is 0.867 bits per heavy atom. The molecule has 0 aromatic carbocycles. The van der Waals surface area contributed by atoms with Crippen LogP contribution in [0, 0.1) is 17.8 Å².